The van der Waals surface area contributed by atoms with E-state index in [1.54, 1.807) is 14.7 Å². The number of hydrogen-bond donors (Lipinski definition) is 5. The highest BCUT2D eigenvalue weighted by Gasteiger charge is 2.21. The number of ether oxygens (including phenoxy) is 3. The predicted molar refractivity (Wildman–Crippen MR) is 194 cm³/mol. The SMILES string of the molecule is CC.CC.O=CCCC(=O)NCCCOCCOCCOCCCNC(=O)CN1CCN(CC(=O)O)CCN(CC(=O)O)CCN(CC(=O)O)CC1. The molecule has 0 aromatic heterocycles. The van der Waals surface area contributed by atoms with Crippen LogP contribution in [0.25, 0.3) is 0 Å². The van der Waals surface area contributed by atoms with Crippen molar-refractivity contribution < 1.29 is 58.3 Å². The zero-order valence-corrected chi connectivity index (χ0v) is 31.9. The average molecular weight is 751 g/mol. The van der Waals surface area contributed by atoms with Crippen LogP contribution >= 0.6 is 0 Å². The van der Waals surface area contributed by atoms with Gasteiger partial charge in [-0.15, -0.1) is 0 Å². The molecule has 18 heteroatoms. The van der Waals surface area contributed by atoms with E-state index in [1.165, 1.54) is 0 Å². The Labute approximate surface area is 309 Å². The Bertz CT molecular complexity index is 930. The van der Waals surface area contributed by atoms with Crippen molar-refractivity contribution in [1.29, 1.82) is 0 Å². The van der Waals surface area contributed by atoms with Crippen LogP contribution < -0.4 is 10.6 Å². The molecule has 0 aromatic carbocycles. The maximum absolute atomic E-state index is 12.7. The first-order valence-electron chi connectivity index (χ1n) is 18.3. The first kappa shape index (κ1) is 50.8. The molecule has 0 unspecified atom stereocenters. The van der Waals surface area contributed by atoms with Crippen molar-refractivity contribution in [2.24, 2.45) is 0 Å². The lowest BCUT2D eigenvalue weighted by molar-refractivity contribution is -0.140. The monoisotopic (exact) mass is 750 g/mol. The van der Waals surface area contributed by atoms with E-state index in [1.807, 2.05) is 32.6 Å². The molecule has 0 aromatic rings. The number of rotatable bonds is 25. The van der Waals surface area contributed by atoms with Crippen molar-refractivity contribution in [2.45, 2.75) is 53.4 Å². The number of carbonyl (C=O) groups excluding carboxylic acids is 3. The van der Waals surface area contributed by atoms with Gasteiger partial charge in [0.2, 0.25) is 11.8 Å². The van der Waals surface area contributed by atoms with Crippen molar-refractivity contribution in [3.05, 3.63) is 0 Å². The van der Waals surface area contributed by atoms with Crippen molar-refractivity contribution in [3.8, 4) is 0 Å². The van der Waals surface area contributed by atoms with E-state index in [-0.39, 0.29) is 50.8 Å². The Hall–Kier alpha value is -3.26. The smallest absolute Gasteiger partial charge is 0.317 e. The summed E-state index contributed by atoms with van der Waals surface area (Å²) in [5.74, 6) is -3.40. The van der Waals surface area contributed by atoms with E-state index in [9.17, 15) is 44.1 Å². The summed E-state index contributed by atoms with van der Waals surface area (Å²) in [5.41, 5.74) is 0. The molecule has 1 fully saturated rings. The highest BCUT2D eigenvalue weighted by atomic mass is 16.5. The van der Waals surface area contributed by atoms with E-state index < -0.39 is 17.9 Å². The highest BCUT2D eigenvalue weighted by molar-refractivity contribution is 5.78. The molecule has 5 N–H and O–H groups in total. The molecular weight excluding hydrogens is 684 g/mol. The summed E-state index contributed by atoms with van der Waals surface area (Å²) in [6.07, 6.45) is 2.39. The van der Waals surface area contributed by atoms with Gasteiger partial charge in [0.1, 0.15) is 6.29 Å². The number of hydrogen-bond acceptors (Lipinski definition) is 13. The van der Waals surface area contributed by atoms with Gasteiger partial charge in [0.05, 0.1) is 52.6 Å². The average Bonchev–Trinajstić information content (AvgIpc) is 3.11. The molecule has 304 valence electrons. The van der Waals surface area contributed by atoms with Gasteiger partial charge in [-0.3, -0.25) is 43.6 Å². The number of carboxylic acid groups (broad SMARTS) is 3. The minimum atomic E-state index is -1.02. The number of nitrogens with zero attached hydrogens (tertiary/aromatic N) is 4. The normalized spacial score (nSPS) is 15.0. The molecule has 1 aliphatic heterocycles. The molecule has 0 radical (unpaired) electrons. The van der Waals surface area contributed by atoms with E-state index in [0.717, 1.165) is 0 Å². The Kier molecular flexibility index (Phi) is 35.3. The number of aldehydes is 1. The van der Waals surface area contributed by atoms with Crippen LogP contribution in [0.2, 0.25) is 0 Å². The van der Waals surface area contributed by atoms with Gasteiger partial charge in [-0.1, -0.05) is 27.7 Å². The van der Waals surface area contributed by atoms with Crippen LogP contribution in [0.5, 0.6) is 0 Å². The molecule has 1 saturated heterocycles. The van der Waals surface area contributed by atoms with Crippen LogP contribution in [0.1, 0.15) is 53.4 Å². The van der Waals surface area contributed by atoms with Gasteiger partial charge in [0.15, 0.2) is 0 Å². The molecule has 2 amide bonds. The molecule has 0 aliphatic carbocycles. The lowest BCUT2D eigenvalue weighted by atomic mass is 10.3. The lowest BCUT2D eigenvalue weighted by Gasteiger charge is -2.32. The minimum absolute atomic E-state index is 0.0553. The fourth-order valence-corrected chi connectivity index (χ4v) is 4.67. The summed E-state index contributed by atoms with van der Waals surface area (Å²) in [6, 6.07) is 0. The number of aliphatic carboxylic acids is 3. The first-order valence-corrected chi connectivity index (χ1v) is 18.3. The van der Waals surface area contributed by atoms with Crippen molar-refractivity contribution in [3.63, 3.8) is 0 Å². The Morgan fingerprint density at radius 1 is 0.519 bits per heavy atom. The molecule has 1 rings (SSSR count). The Morgan fingerprint density at radius 2 is 0.827 bits per heavy atom. The second-order valence-corrected chi connectivity index (χ2v) is 11.2. The zero-order chi connectivity index (χ0) is 39.4. The highest BCUT2D eigenvalue weighted by Crippen LogP contribution is 2.02. The Morgan fingerprint density at radius 3 is 1.15 bits per heavy atom. The third-order valence-electron chi connectivity index (χ3n) is 7.18. The van der Waals surface area contributed by atoms with Gasteiger partial charge >= 0.3 is 17.9 Å². The summed E-state index contributed by atoms with van der Waals surface area (Å²) in [4.78, 5) is 75.4. The molecule has 1 aliphatic rings. The molecule has 18 nitrogen and oxygen atoms in total. The molecule has 0 saturated carbocycles. The third-order valence-corrected chi connectivity index (χ3v) is 7.18. The lowest BCUT2D eigenvalue weighted by Crippen LogP contribution is -2.49. The topological polar surface area (TPSA) is 228 Å². The fraction of sp³-hybridized carbons (Fsp3) is 0.824. The van der Waals surface area contributed by atoms with Crippen LogP contribution in [0.4, 0.5) is 0 Å². The predicted octanol–water partition coefficient (Wildman–Crippen LogP) is -0.444. The third kappa shape index (κ3) is 32.6. The second-order valence-electron chi connectivity index (χ2n) is 11.2. The minimum Gasteiger partial charge on any atom is -0.480 e. The summed E-state index contributed by atoms with van der Waals surface area (Å²) in [5, 5.41) is 33.5. The quantitative estimate of drug-likeness (QED) is 0.0588. The standard InChI is InChI=1S/C30H54N6O12.2C2H6/c37-15-1-4-26(38)31-5-2-16-46-18-20-48-21-19-47-17-3-6-32-27(39)22-33-7-9-34(23-28(40)41)11-13-36(25-30(44)45)14-12-35(10-8-33)24-29(42)43;2*1-2/h15H,1-14,16-25H2,(H,31,38)(H,32,39)(H,40,41)(H,42,43)(H,44,45);2*1-2H3. The van der Waals surface area contributed by atoms with E-state index in [4.69, 9.17) is 14.2 Å². The Balaban J connectivity index is 0. The van der Waals surface area contributed by atoms with E-state index in [0.29, 0.717) is 124 Å². The van der Waals surface area contributed by atoms with Crippen LogP contribution in [0, 0.1) is 0 Å². The first-order chi connectivity index (χ1) is 25.1. The van der Waals surface area contributed by atoms with Crippen LogP contribution in [0.3, 0.4) is 0 Å². The second kappa shape index (κ2) is 36.1. The largest absolute Gasteiger partial charge is 0.480 e. The number of carboxylic acids is 3. The van der Waals surface area contributed by atoms with Crippen molar-refractivity contribution in [1.82, 2.24) is 30.2 Å². The summed E-state index contributed by atoms with van der Waals surface area (Å²) >= 11 is 0. The molecule has 0 atom stereocenters. The molecule has 0 bridgehead atoms. The fourth-order valence-electron chi connectivity index (χ4n) is 4.67. The summed E-state index contributed by atoms with van der Waals surface area (Å²) in [7, 11) is 0. The van der Waals surface area contributed by atoms with Crippen LogP contribution in [0.15, 0.2) is 0 Å². The maximum Gasteiger partial charge on any atom is 0.317 e. The van der Waals surface area contributed by atoms with E-state index >= 15 is 0 Å². The summed E-state index contributed by atoms with van der Waals surface area (Å²) < 4.78 is 16.4. The van der Waals surface area contributed by atoms with Gasteiger partial charge in [0, 0.05) is 91.5 Å². The molecule has 1 heterocycles. The van der Waals surface area contributed by atoms with Gasteiger partial charge in [-0.05, 0) is 12.8 Å². The number of amides is 2. The van der Waals surface area contributed by atoms with Gasteiger partial charge in [-0.25, -0.2) is 0 Å². The van der Waals surface area contributed by atoms with Crippen LogP contribution in [-0.4, -0.2) is 202 Å². The van der Waals surface area contributed by atoms with Gasteiger partial charge in [-0.2, -0.15) is 0 Å². The molecule has 0 spiro atoms. The molecule has 52 heavy (non-hydrogen) atoms. The van der Waals surface area contributed by atoms with Crippen molar-refractivity contribution in [2.75, 3.05) is 131 Å². The van der Waals surface area contributed by atoms with Gasteiger partial charge < -0.3 is 45.0 Å². The number of nitrogens with one attached hydrogen (secondary N) is 2. The number of carbonyl (C=O) groups is 6. The molecular formula is C34H66N6O12. The zero-order valence-electron chi connectivity index (χ0n) is 31.9. The van der Waals surface area contributed by atoms with Gasteiger partial charge in [0.25, 0.3) is 0 Å². The maximum atomic E-state index is 12.7. The summed E-state index contributed by atoms with van der Waals surface area (Å²) in [6.45, 7) is 13.4. The van der Waals surface area contributed by atoms with Crippen molar-refractivity contribution >= 4 is 36.0 Å². The van der Waals surface area contributed by atoms with E-state index in [2.05, 4.69) is 10.6 Å². The van der Waals surface area contributed by atoms with Crippen LogP contribution in [-0.2, 0) is 43.0 Å².